The van der Waals surface area contributed by atoms with Gasteiger partial charge in [0.25, 0.3) is 0 Å². The van der Waals surface area contributed by atoms with Crippen molar-refractivity contribution in [2.75, 3.05) is 11.4 Å². The number of amides is 1. The van der Waals surface area contributed by atoms with Crippen LogP contribution in [0.2, 0.25) is 0 Å². The average molecular weight is 361 g/mol. The molecule has 0 N–H and O–H groups in total. The van der Waals surface area contributed by atoms with Crippen LogP contribution >= 0.6 is 0 Å². The largest absolute Gasteiger partial charge is 0.317 e. The monoisotopic (exact) mass is 361 g/mol. The number of aryl methyl sites for hydroxylation is 1. The molecule has 1 fully saturated rings. The number of rotatable bonds is 4. The molecule has 0 spiro atoms. The lowest BCUT2D eigenvalue weighted by Gasteiger charge is -2.20. The van der Waals surface area contributed by atoms with Crippen molar-refractivity contribution in [1.82, 2.24) is 9.55 Å². The van der Waals surface area contributed by atoms with E-state index in [4.69, 9.17) is 4.98 Å². The molecule has 27 heavy (non-hydrogen) atoms. The van der Waals surface area contributed by atoms with Gasteiger partial charge in [0.1, 0.15) is 5.82 Å². The number of hydrogen-bond acceptors (Lipinski definition) is 3. The van der Waals surface area contributed by atoms with E-state index in [-0.39, 0.29) is 23.7 Å². The van der Waals surface area contributed by atoms with E-state index >= 15 is 0 Å². The second-order valence-corrected chi connectivity index (χ2v) is 7.31. The first-order valence-corrected chi connectivity index (χ1v) is 9.30. The Morgan fingerprint density at radius 3 is 2.59 bits per heavy atom. The number of para-hydroxylation sites is 3. The van der Waals surface area contributed by atoms with Crippen molar-refractivity contribution < 1.29 is 9.59 Å². The molecule has 1 saturated heterocycles. The molecule has 5 heteroatoms. The topological polar surface area (TPSA) is 55.2 Å². The molecular weight excluding hydrogens is 338 g/mol. The number of benzene rings is 2. The van der Waals surface area contributed by atoms with Crippen LogP contribution in [-0.2, 0) is 9.59 Å². The van der Waals surface area contributed by atoms with Crippen LogP contribution in [-0.4, -0.2) is 27.8 Å². The Labute approximate surface area is 158 Å². The van der Waals surface area contributed by atoms with Crippen LogP contribution in [0, 0.1) is 6.92 Å². The number of fused-ring (bicyclic) bond motifs is 1. The van der Waals surface area contributed by atoms with Gasteiger partial charge in [-0.2, -0.15) is 0 Å². The number of ketones is 1. The fourth-order valence-electron chi connectivity index (χ4n) is 3.92. The van der Waals surface area contributed by atoms with Gasteiger partial charge in [-0.15, -0.1) is 0 Å². The molecule has 138 valence electrons. The average Bonchev–Trinajstić information content (AvgIpc) is 3.22. The molecular formula is C22H23N3O2. The van der Waals surface area contributed by atoms with Gasteiger partial charge < -0.3 is 9.47 Å². The highest BCUT2D eigenvalue weighted by Gasteiger charge is 2.36. The van der Waals surface area contributed by atoms with Crippen molar-refractivity contribution in [2.45, 2.75) is 39.2 Å². The molecule has 4 rings (SSSR count). The molecule has 1 aromatic heterocycles. The van der Waals surface area contributed by atoms with Gasteiger partial charge in [0.15, 0.2) is 5.78 Å². The summed E-state index contributed by atoms with van der Waals surface area (Å²) in [6.07, 6.45) is 0.405. The standard InChI is InChI=1S/C22H23N3O2/c1-14-8-4-6-10-19(14)24-13-17(12-21(24)27)22-23-18-9-5-7-11-20(18)25(22)15(2)16(3)26/h4-11,15,17H,12-13H2,1-3H3. The van der Waals surface area contributed by atoms with Gasteiger partial charge in [-0.3, -0.25) is 9.59 Å². The van der Waals surface area contributed by atoms with Crippen LogP contribution in [0.15, 0.2) is 48.5 Å². The third kappa shape index (κ3) is 2.93. The Bertz CT molecular complexity index is 1040. The molecule has 0 aliphatic carbocycles. The first-order chi connectivity index (χ1) is 13.0. The van der Waals surface area contributed by atoms with Crippen molar-refractivity contribution in [2.24, 2.45) is 0 Å². The lowest BCUT2D eigenvalue weighted by Crippen LogP contribution is -2.25. The van der Waals surface area contributed by atoms with Crippen molar-refractivity contribution in [3.05, 3.63) is 59.9 Å². The minimum atomic E-state index is -0.310. The lowest BCUT2D eigenvalue weighted by molar-refractivity contribution is -0.119. The molecule has 2 atom stereocenters. The smallest absolute Gasteiger partial charge is 0.227 e. The number of Topliss-reactive ketones (excluding diaryl/α,β-unsaturated/α-hetero) is 1. The van der Waals surface area contributed by atoms with E-state index in [0.29, 0.717) is 13.0 Å². The highest BCUT2D eigenvalue weighted by molar-refractivity contribution is 5.97. The molecule has 2 heterocycles. The molecule has 5 nitrogen and oxygen atoms in total. The highest BCUT2D eigenvalue weighted by atomic mass is 16.2. The summed E-state index contributed by atoms with van der Waals surface area (Å²) in [6.45, 7) is 6.10. The van der Waals surface area contributed by atoms with E-state index in [2.05, 4.69) is 0 Å². The number of carbonyl (C=O) groups excluding carboxylic acids is 2. The van der Waals surface area contributed by atoms with Crippen molar-refractivity contribution in [1.29, 1.82) is 0 Å². The number of anilines is 1. The minimum Gasteiger partial charge on any atom is -0.317 e. The summed E-state index contributed by atoms with van der Waals surface area (Å²) in [5.41, 5.74) is 3.84. The van der Waals surface area contributed by atoms with E-state index < -0.39 is 0 Å². The summed E-state index contributed by atoms with van der Waals surface area (Å²) < 4.78 is 2.01. The summed E-state index contributed by atoms with van der Waals surface area (Å²) in [7, 11) is 0. The van der Waals surface area contributed by atoms with E-state index in [0.717, 1.165) is 28.1 Å². The van der Waals surface area contributed by atoms with Crippen LogP contribution in [0.5, 0.6) is 0 Å². The Balaban J connectivity index is 1.77. The number of nitrogens with zero attached hydrogens (tertiary/aromatic N) is 3. The van der Waals surface area contributed by atoms with E-state index in [1.807, 2.05) is 71.8 Å². The second kappa shape index (κ2) is 6.65. The Morgan fingerprint density at radius 2 is 1.85 bits per heavy atom. The van der Waals surface area contributed by atoms with Crippen LogP contribution in [0.3, 0.4) is 0 Å². The first kappa shape index (κ1) is 17.5. The predicted molar refractivity (Wildman–Crippen MR) is 106 cm³/mol. The van der Waals surface area contributed by atoms with E-state index in [9.17, 15) is 9.59 Å². The fourth-order valence-corrected chi connectivity index (χ4v) is 3.92. The van der Waals surface area contributed by atoms with Crippen LogP contribution in [0.1, 0.15) is 43.6 Å². The number of aromatic nitrogens is 2. The van der Waals surface area contributed by atoms with Crippen molar-refractivity contribution in [3.63, 3.8) is 0 Å². The first-order valence-electron chi connectivity index (χ1n) is 9.30. The number of hydrogen-bond donors (Lipinski definition) is 0. The maximum absolute atomic E-state index is 12.8. The minimum absolute atomic E-state index is 0.0358. The molecule has 0 saturated carbocycles. The molecule has 2 unspecified atom stereocenters. The zero-order chi connectivity index (χ0) is 19.1. The quantitative estimate of drug-likeness (QED) is 0.705. The zero-order valence-corrected chi connectivity index (χ0v) is 15.8. The van der Waals surface area contributed by atoms with E-state index in [1.54, 1.807) is 6.92 Å². The highest BCUT2D eigenvalue weighted by Crippen LogP contribution is 2.35. The van der Waals surface area contributed by atoms with Gasteiger partial charge in [-0.05, 0) is 44.5 Å². The zero-order valence-electron chi connectivity index (χ0n) is 15.8. The molecule has 0 radical (unpaired) electrons. The summed E-state index contributed by atoms with van der Waals surface area (Å²) in [5.74, 6) is 0.970. The maximum atomic E-state index is 12.8. The molecule has 1 aliphatic heterocycles. The van der Waals surface area contributed by atoms with Gasteiger partial charge >= 0.3 is 0 Å². The Morgan fingerprint density at radius 1 is 1.15 bits per heavy atom. The number of carbonyl (C=O) groups is 2. The number of imidazole rings is 1. The third-order valence-corrected chi connectivity index (χ3v) is 5.50. The predicted octanol–water partition coefficient (Wildman–Crippen LogP) is 4.02. The summed E-state index contributed by atoms with van der Waals surface area (Å²) in [6, 6.07) is 15.5. The summed E-state index contributed by atoms with van der Waals surface area (Å²) in [4.78, 5) is 31.5. The van der Waals surface area contributed by atoms with Crippen LogP contribution in [0.4, 0.5) is 5.69 Å². The Kier molecular flexibility index (Phi) is 4.30. The van der Waals surface area contributed by atoms with Gasteiger partial charge in [-0.1, -0.05) is 30.3 Å². The molecule has 0 bridgehead atoms. The van der Waals surface area contributed by atoms with Crippen molar-refractivity contribution >= 4 is 28.4 Å². The molecule has 3 aromatic rings. The lowest BCUT2D eigenvalue weighted by atomic mass is 10.1. The maximum Gasteiger partial charge on any atom is 0.227 e. The van der Waals surface area contributed by atoms with Crippen molar-refractivity contribution in [3.8, 4) is 0 Å². The normalized spacial score (nSPS) is 18.3. The van der Waals surface area contributed by atoms with Gasteiger partial charge in [0, 0.05) is 24.6 Å². The molecule has 1 aliphatic rings. The second-order valence-electron chi connectivity index (χ2n) is 7.31. The van der Waals surface area contributed by atoms with Gasteiger partial charge in [0.05, 0.1) is 17.1 Å². The van der Waals surface area contributed by atoms with E-state index in [1.165, 1.54) is 0 Å². The molecule has 1 amide bonds. The third-order valence-electron chi connectivity index (χ3n) is 5.50. The fraction of sp³-hybridized carbons (Fsp3) is 0.318. The SMILES string of the molecule is CC(=O)C(C)n1c(C2CC(=O)N(c3ccccc3C)C2)nc2ccccc21. The van der Waals surface area contributed by atoms with Crippen LogP contribution in [0.25, 0.3) is 11.0 Å². The van der Waals surface area contributed by atoms with Gasteiger partial charge in [0.2, 0.25) is 5.91 Å². The summed E-state index contributed by atoms with van der Waals surface area (Å²) in [5, 5.41) is 0. The Hall–Kier alpha value is -2.95. The molecule has 2 aromatic carbocycles. The van der Waals surface area contributed by atoms with Crippen LogP contribution < -0.4 is 4.90 Å². The van der Waals surface area contributed by atoms with Gasteiger partial charge in [-0.25, -0.2) is 4.98 Å². The summed E-state index contributed by atoms with van der Waals surface area (Å²) >= 11 is 0.